The lowest BCUT2D eigenvalue weighted by Crippen LogP contribution is -2.44. The number of hydrogen-bond acceptors (Lipinski definition) is 5. The second-order valence-corrected chi connectivity index (χ2v) is 7.04. The average Bonchev–Trinajstić information content (AvgIpc) is 2.46. The Morgan fingerprint density at radius 3 is 2.28 bits per heavy atom. The Morgan fingerprint density at radius 1 is 1.20 bits per heavy atom. The minimum absolute atomic E-state index is 0.159. The van der Waals surface area contributed by atoms with Gasteiger partial charge in [0, 0.05) is 13.0 Å². The lowest BCUT2D eigenvalue weighted by Gasteiger charge is -2.22. The summed E-state index contributed by atoms with van der Waals surface area (Å²) in [6.07, 6.45) is -0.587. The van der Waals surface area contributed by atoms with E-state index in [2.05, 4.69) is 5.32 Å². The fourth-order valence-corrected chi connectivity index (χ4v) is 1.95. The van der Waals surface area contributed by atoms with Crippen LogP contribution < -0.4 is 10.1 Å². The van der Waals surface area contributed by atoms with E-state index >= 15 is 0 Å². The van der Waals surface area contributed by atoms with Crippen LogP contribution in [0.4, 0.5) is 4.79 Å². The third-order valence-corrected chi connectivity index (χ3v) is 3.16. The molecule has 2 N–H and O–H groups in total. The van der Waals surface area contributed by atoms with Crippen LogP contribution in [0.3, 0.4) is 0 Å². The summed E-state index contributed by atoms with van der Waals surface area (Å²) in [5.74, 6) is -0.394. The summed E-state index contributed by atoms with van der Waals surface area (Å²) in [6.45, 7) is 6.54. The van der Waals surface area contributed by atoms with Gasteiger partial charge in [-0.05, 0) is 52.6 Å². The highest BCUT2D eigenvalue weighted by Crippen LogP contribution is 2.14. The second-order valence-electron chi connectivity index (χ2n) is 7.04. The Kier molecular flexibility index (Phi) is 7.70. The van der Waals surface area contributed by atoms with Crippen molar-refractivity contribution in [2.24, 2.45) is 0 Å². The van der Waals surface area contributed by atoms with Crippen molar-refractivity contribution in [2.45, 2.75) is 38.8 Å². The van der Waals surface area contributed by atoms with E-state index in [4.69, 9.17) is 9.47 Å². The van der Waals surface area contributed by atoms with Crippen molar-refractivity contribution in [2.75, 3.05) is 27.2 Å². The van der Waals surface area contributed by atoms with Crippen molar-refractivity contribution in [1.82, 2.24) is 10.2 Å². The standard InChI is InChI=1S/C18H28N2O5/c1-18(2,3)25-17(23)19-15(16(21)22)12-13-6-8-14(9-7-13)24-11-10-20(4)5/h6-9,15H,10-12H2,1-5H3,(H,19,23)(H,21,22)/t15-/m0/s1. The molecule has 25 heavy (non-hydrogen) atoms. The van der Waals surface area contributed by atoms with Gasteiger partial charge >= 0.3 is 12.1 Å². The highest BCUT2D eigenvalue weighted by Gasteiger charge is 2.24. The molecule has 1 atom stereocenters. The van der Waals surface area contributed by atoms with Gasteiger partial charge in [-0.15, -0.1) is 0 Å². The first-order valence-electron chi connectivity index (χ1n) is 8.15. The number of aliphatic carboxylic acids is 1. The quantitative estimate of drug-likeness (QED) is 0.745. The van der Waals surface area contributed by atoms with E-state index in [-0.39, 0.29) is 6.42 Å². The molecule has 7 heteroatoms. The van der Waals surface area contributed by atoms with E-state index in [9.17, 15) is 14.7 Å². The minimum atomic E-state index is -1.11. The Hall–Kier alpha value is -2.28. The molecule has 1 rings (SSSR count). The number of carboxylic acid groups (broad SMARTS) is 1. The van der Waals surface area contributed by atoms with Crippen molar-refractivity contribution in [3.8, 4) is 5.75 Å². The van der Waals surface area contributed by atoms with Crippen LogP contribution in [0.15, 0.2) is 24.3 Å². The number of carbonyl (C=O) groups excluding carboxylic acids is 1. The van der Waals surface area contributed by atoms with Gasteiger partial charge in [-0.3, -0.25) is 0 Å². The van der Waals surface area contributed by atoms with E-state index in [0.29, 0.717) is 6.61 Å². The third-order valence-electron chi connectivity index (χ3n) is 3.16. The van der Waals surface area contributed by atoms with Gasteiger partial charge in [-0.1, -0.05) is 12.1 Å². The number of alkyl carbamates (subject to hydrolysis) is 1. The predicted molar refractivity (Wildman–Crippen MR) is 95.0 cm³/mol. The van der Waals surface area contributed by atoms with Gasteiger partial charge in [0.25, 0.3) is 0 Å². The molecule has 7 nitrogen and oxygen atoms in total. The maximum absolute atomic E-state index is 11.8. The van der Waals surface area contributed by atoms with Crippen molar-refractivity contribution >= 4 is 12.1 Å². The number of nitrogens with one attached hydrogen (secondary N) is 1. The molecule has 1 aromatic carbocycles. The number of likely N-dealkylation sites (N-methyl/N-ethyl adjacent to an activating group) is 1. The number of carbonyl (C=O) groups is 2. The van der Waals surface area contributed by atoms with E-state index in [1.807, 2.05) is 19.0 Å². The number of nitrogens with zero attached hydrogens (tertiary/aromatic N) is 1. The summed E-state index contributed by atoms with van der Waals surface area (Å²) in [5.41, 5.74) is 0.0991. The van der Waals surface area contributed by atoms with Crippen molar-refractivity contribution in [1.29, 1.82) is 0 Å². The monoisotopic (exact) mass is 352 g/mol. The maximum atomic E-state index is 11.8. The molecule has 0 unspecified atom stereocenters. The molecule has 0 aromatic heterocycles. The van der Waals surface area contributed by atoms with Crippen LogP contribution >= 0.6 is 0 Å². The van der Waals surface area contributed by atoms with Crippen LogP contribution in [0.5, 0.6) is 5.75 Å². The van der Waals surface area contributed by atoms with Crippen LogP contribution in [0.25, 0.3) is 0 Å². The second kappa shape index (κ2) is 9.27. The number of amides is 1. The summed E-state index contributed by atoms with van der Waals surface area (Å²) < 4.78 is 10.7. The number of hydrogen-bond donors (Lipinski definition) is 2. The molecule has 0 aliphatic carbocycles. The summed E-state index contributed by atoms with van der Waals surface area (Å²) in [4.78, 5) is 25.2. The van der Waals surface area contributed by atoms with Crippen LogP contribution in [0, 0.1) is 0 Å². The highest BCUT2D eigenvalue weighted by molar-refractivity contribution is 5.80. The predicted octanol–water partition coefficient (Wildman–Crippen LogP) is 2.15. The number of carboxylic acids is 1. The fraction of sp³-hybridized carbons (Fsp3) is 0.556. The molecule has 0 bridgehead atoms. The van der Waals surface area contributed by atoms with E-state index in [0.717, 1.165) is 17.9 Å². The van der Waals surface area contributed by atoms with Gasteiger partial charge in [0.15, 0.2) is 0 Å². The van der Waals surface area contributed by atoms with Gasteiger partial charge < -0.3 is 24.8 Å². The Morgan fingerprint density at radius 2 is 1.80 bits per heavy atom. The van der Waals surface area contributed by atoms with Gasteiger partial charge in [0.1, 0.15) is 24.0 Å². The van der Waals surface area contributed by atoms with Crippen LogP contribution in [0.1, 0.15) is 26.3 Å². The lowest BCUT2D eigenvalue weighted by molar-refractivity contribution is -0.139. The molecule has 0 spiro atoms. The first-order valence-corrected chi connectivity index (χ1v) is 8.15. The van der Waals surface area contributed by atoms with Crippen LogP contribution in [-0.2, 0) is 16.0 Å². The first-order chi connectivity index (χ1) is 11.6. The minimum Gasteiger partial charge on any atom is -0.492 e. The topological polar surface area (TPSA) is 88.1 Å². The zero-order chi connectivity index (χ0) is 19.0. The number of rotatable bonds is 8. The Bertz CT molecular complexity index is 564. The van der Waals surface area contributed by atoms with Crippen molar-refractivity contribution in [3.05, 3.63) is 29.8 Å². The molecule has 0 saturated heterocycles. The fourth-order valence-electron chi connectivity index (χ4n) is 1.95. The smallest absolute Gasteiger partial charge is 0.408 e. The molecular formula is C18H28N2O5. The summed E-state index contributed by atoms with van der Waals surface area (Å²) in [5, 5.41) is 11.7. The van der Waals surface area contributed by atoms with Gasteiger partial charge in [0.2, 0.25) is 0 Å². The van der Waals surface area contributed by atoms with Crippen molar-refractivity contribution in [3.63, 3.8) is 0 Å². The van der Waals surface area contributed by atoms with Crippen LogP contribution in [-0.4, -0.2) is 61.0 Å². The molecule has 1 amide bonds. The van der Waals surface area contributed by atoms with E-state index in [1.54, 1.807) is 45.0 Å². The summed E-state index contributed by atoms with van der Waals surface area (Å²) in [6, 6.07) is 6.10. The molecule has 0 fully saturated rings. The van der Waals surface area contributed by atoms with Crippen LogP contribution in [0.2, 0.25) is 0 Å². The normalized spacial score (nSPS) is 12.6. The SMILES string of the molecule is CN(C)CCOc1ccc(C[C@H](NC(=O)OC(C)(C)C)C(=O)O)cc1. The van der Waals surface area contributed by atoms with Gasteiger partial charge in [0.05, 0.1) is 0 Å². The van der Waals surface area contributed by atoms with E-state index in [1.165, 1.54) is 0 Å². The molecule has 0 saturated carbocycles. The zero-order valence-electron chi connectivity index (χ0n) is 15.5. The largest absolute Gasteiger partial charge is 0.492 e. The highest BCUT2D eigenvalue weighted by atomic mass is 16.6. The molecule has 0 radical (unpaired) electrons. The maximum Gasteiger partial charge on any atom is 0.408 e. The van der Waals surface area contributed by atoms with E-state index < -0.39 is 23.7 Å². The summed E-state index contributed by atoms with van der Waals surface area (Å²) >= 11 is 0. The number of ether oxygens (including phenoxy) is 2. The first kappa shape index (κ1) is 20.8. The molecule has 0 aliphatic rings. The molecule has 140 valence electrons. The van der Waals surface area contributed by atoms with Gasteiger partial charge in [-0.25, -0.2) is 9.59 Å². The lowest BCUT2D eigenvalue weighted by atomic mass is 10.1. The van der Waals surface area contributed by atoms with Crippen molar-refractivity contribution < 1.29 is 24.2 Å². The average molecular weight is 352 g/mol. The molecule has 0 heterocycles. The summed E-state index contributed by atoms with van der Waals surface area (Å²) in [7, 11) is 3.94. The number of benzene rings is 1. The molecule has 1 aromatic rings. The zero-order valence-corrected chi connectivity index (χ0v) is 15.5. The molecule has 0 aliphatic heterocycles. The Labute approximate surface area is 148 Å². The third kappa shape index (κ3) is 8.95. The Balaban J connectivity index is 2.60. The molecular weight excluding hydrogens is 324 g/mol. The van der Waals surface area contributed by atoms with Gasteiger partial charge in [-0.2, -0.15) is 0 Å².